The van der Waals surface area contributed by atoms with Gasteiger partial charge in [0.1, 0.15) is 5.75 Å². The minimum atomic E-state index is -0.387. The molecule has 2 aromatic carbocycles. The summed E-state index contributed by atoms with van der Waals surface area (Å²) < 4.78 is 17.8. The molecule has 0 radical (unpaired) electrons. The largest absolute Gasteiger partial charge is 0.495 e. The lowest BCUT2D eigenvalue weighted by molar-refractivity contribution is 0.00578. The Bertz CT molecular complexity index is 715. The number of ether oxygens (including phenoxy) is 1. The van der Waals surface area contributed by atoms with Gasteiger partial charge in [-0.1, -0.05) is 36.4 Å². The molecule has 0 aromatic heterocycles. The monoisotopic (exact) mass is 339 g/mol. The van der Waals surface area contributed by atoms with Gasteiger partial charge in [-0.05, 0) is 50.9 Å². The molecular formula is C20H26BNO3. The maximum atomic E-state index is 6.12. The van der Waals surface area contributed by atoms with Gasteiger partial charge in [0.15, 0.2) is 0 Å². The summed E-state index contributed by atoms with van der Waals surface area (Å²) in [6, 6.07) is 16.3. The second-order valence-corrected chi connectivity index (χ2v) is 7.39. The van der Waals surface area contributed by atoms with E-state index in [1.807, 2.05) is 36.4 Å². The smallest absolute Gasteiger partial charge is 0.494 e. The van der Waals surface area contributed by atoms with Gasteiger partial charge in [-0.2, -0.15) is 0 Å². The first-order valence-electron chi connectivity index (χ1n) is 8.64. The first kappa shape index (κ1) is 17.8. The van der Waals surface area contributed by atoms with E-state index in [1.54, 1.807) is 7.11 Å². The Morgan fingerprint density at radius 2 is 1.60 bits per heavy atom. The normalized spacial score (nSPS) is 18.2. The van der Waals surface area contributed by atoms with Crippen molar-refractivity contribution >= 4 is 18.3 Å². The standard InChI is InChI=1S/C20H26BNO3/c1-19(2)20(3,4)25-21(24-19)16-11-12-17(18(13-16)23-5)22-14-15-9-7-6-8-10-15/h6-13,22H,14H2,1-5H3. The maximum Gasteiger partial charge on any atom is 0.494 e. The summed E-state index contributed by atoms with van der Waals surface area (Å²) in [7, 11) is 1.29. The molecule has 0 spiro atoms. The Balaban J connectivity index is 1.76. The number of rotatable bonds is 5. The molecular weight excluding hydrogens is 313 g/mol. The second-order valence-electron chi connectivity index (χ2n) is 7.39. The van der Waals surface area contributed by atoms with E-state index in [9.17, 15) is 0 Å². The molecule has 132 valence electrons. The van der Waals surface area contributed by atoms with Crippen LogP contribution in [0.1, 0.15) is 33.3 Å². The van der Waals surface area contributed by atoms with Gasteiger partial charge in [0.2, 0.25) is 0 Å². The van der Waals surface area contributed by atoms with Crippen LogP contribution in [0.2, 0.25) is 0 Å². The van der Waals surface area contributed by atoms with E-state index in [0.717, 1.165) is 23.4 Å². The predicted octanol–water partition coefficient (Wildman–Crippen LogP) is 3.61. The highest BCUT2D eigenvalue weighted by molar-refractivity contribution is 6.62. The molecule has 0 atom stereocenters. The van der Waals surface area contributed by atoms with E-state index < -0.39 is 0 Å². The molecule has 1 aliphatic rings. The van der Waals surface area contributed by atoms with Gasteiger partial charge >= 0.3 is 7.12 Å². The Morgan fingerprint density at radius 3 is 2.20 bits per heavy atom. The van der Waals surface area contributed by atoms with Crippen LogP contribution >= 0.6 is 0 Å². The van der Waals surface area contributed by atoms with Crippen molar-refractivity contribution < 1.29 is 14.0 Å². The highest BCUT2D eigenvalue weighted by Crippen LogP contribution is 2.37. The van der Waals surface area contributed by atoms with Gasteiger partial charge in [-0.15, -0.1) is 0 Å². The molecule has 1 fully saturated rings. The number of hydrogen-bond donors (Lipinski definition) is 1. The molecule has 4 nitrogen and oxygen atoms in total. The molecule has 3 rings (SSSR count). The highest BCUT2D eigenvalue weighted by Gasteiger charge is 2.51. The summed E-state index contributed by atoms with van der Waals surface area (Å²) in [5.74, 6) is 0.781. The average molecular weight is 339 g/mol. The van der Waals surface area contributed by atoms with E-state index >= 15 is 0 Å². The van der Waals surface area contributed by atoms with Crippen LogP contribution in [0.4, 0.5) is 5.69 Å². The minimum Gasteiger partial charge on any atom is -0.495 e. The number of anilines is 1. The molecule has 0 aliphatic carbocycles. The van der Waals surface area contributed by atoms with E-state index in [1.165, 1.54) is 5.56 Å². The van der Waals surface area contributed by atoms with Crippen LogP contribution in [0.3, 0.4) is 0 Å². The topological polar surface area (TPSA) is 39.7 Å². The maximum absolute atomic E-state index is 6.12. The summed E-state index contributed by atoms with van der Waals surface area (Å²) in [6.45, 7) is 8.97. The Morgan fingerprint density at radius 1 is 0.960 bits per heavy atom. The quantitative estimate of drug-likeness (QED) is 0.845. The molecule has 0 saturated carbocycles. The molecule has 1 heterocycles. The van der Waals surface area contributed by atoms with Crippen molar-refractivity contribution in [2.45, 2.75) is 45.4 Å². The fourth-order valence-electron chi connectivity index (χ4n) is 2.77. The molecule has 2 aromatic rings. The Labute approximate surface area is 150 Å². The van der Waals surface area contributed by atoms with Crippen molar-refractivity contribution in [3.63, 3.8) is 0 Å². The van der Waals surface area contributed by atoms with Crippen molar-refractivity contribution in [1.29, 1.82) is 0 Å². The van der Waals surface area contributed by atoms with Gasteiger partial charge in [0.25, 0.3) is 0 Å². The second kappa shape index (κ2) is 6.73. The number of nitrogens with one attached hydrogen (secondary N) is 1. The van der Waals surface area contributed by atoms with Crippen LogP contribution in [-0.2, 0) is 15.9 Å². The van der Waals surface area contributed by atoms with Crippen LogP contribution < -0.4 is 15.5 Å². The number of hydrogen-bond acceptors (Lipinski definition) is 4. The number of benzene rings is 2. The lowest BCUT2D eigenvalue weighted by Gasteiger charge is -2.32. The summed E-state index contributed by atoms with van der Waals surface area (Å²) in [5, 5.41) is 3.42. The first-order valence-corrected chi connectivity index (χ1v) is 8.64. The lowest BCUT2D eigenvalue weighted by atomic mass is 9.79. The average Bonchev–Trinajstić information content (AvgIpc) is 2.81. The summed E-state index contributed by atoms with van der Waals surface area (Å²) >= 11 is 0. The van der Waals surface area contributed by atoms with Crippen LogP contribution in [-0.4, -0.2) is 25.4 Å². The molecule has 0 amide bonds. The molecule has 5 heteroatoms. The fraction of sp³-hybridized carbons (Fsp3) is 0.400. The van der Waals surface area contributed by atoms with Crippen molar-refractivity contribution in [1.82, 2.24) is 0 Å². The van der Waals surface area contributed by atoms with E-state index in [4.69, 9.17) is 14.0 Å². The van der Waals surface area contributed by atoms with E-state index in [-0.39, 0.29) is 18.3 Å². The van der Waals surface area contributed by atoms with Gasteiger partial charge < -0.3 is 19.4 Å². The highest BCUT2D eigenvalue weighted by atomic mass is 16.7. The Kier molecular flexibility index (Phi) is 4.80. The number of methoxy groups -OCH3 is 1. The van der Waals surface area contributed by atoms with Crippen molar-refractivity contribution in [3.8, 4) is 5.75 Å². The molecule has 1 aliphatic heterocycles. The van der Waals surface area contributed by atoms with Gasteiger partial charge in [-0.3, -0.25) is 0 Å². The molecule has 1 N–H and O–H groups in total. The van der Waals surface area contributed by atoms with Crippen LogP contribution in [0.25, 0.3) is 0 Å². The van der Waals surface area contributed by atoms with Crippen LogP contribution in [0, 0.1) is 0 Å². The molecule has 25 heavy (non-hydrogen) atoms. The van der Waals surface area contributed by atoms with Crippen molar-refractivity contribution in [3.05, 3.63) is 54.1 Å². The zero-order valence-electron chi connectivity index (χ0n) is 15.6. The first-order chi connectivity index (χ1) is 11.8. The van der Waals surface area contributed by atoms with Crippen molar-refractivity contribution in [2.24, 2.45) is 0 Å². The van der Waals surface area contributed by atoms with Gasteiger partial charge in [0.05, 0.1) is 24.0 Å². The predicted molar refractivity (Wildman–Crippen MR) is 102 cm³/mol. The van der Waals surface area contributed by atoms with Crippen LogP contribution in [0.5, 0.6) is 5.75 Å². The van der Waals surface area contributed by atoms with Crippen molar-refractivity contribution in [2.75, 3.05) is 12.4 Å². The SMILES string of the molecule is COc1cc(B2OC(C)(C)C(C)(C)O2)ccc1NCc1ccccc1. The minimum absolute atomic E-state index is 0.352. The van der Waals surface area contributed by atoms with E-state index in [0.29, 0.717) is 0 Å². The third kappa shape index (κ3) is 3.67. The third-order valence-electron chi connectivity index (χ3n) is 5.08. The van der Waals surface area contributed by atoms with Crippen LogP contribution in [0.15, 0.2) is 48.5 Å². The van der Waals surface area contributed by atoms with Gasteiger partial charge in [-0.25, -0.2) is 0 Å². The molecule has 0 bridgehead atoms. The summed E-state index contributed by atoms with van der Waals surface area (Å²) in [5.41, 5.74) is 2.43. The molecule has 1 saturated heterocycles. The fourth-order valence-corrected chi connectivity index (χ4v) is 2.77. The zero-order chi connectivity index (χ0) is 18.1. The summed E-state index contributed by atoms with van der Waals surface area (Å²) in [4.78, 5) is 0. The Hall–Kier alpha value is -1.98. The lowest BCUT2D eigenvalue weighted by Crippen LogP contribution is -2.41. The van der Waals surface area contributed by atoms with Gasteiger partial charge in [0, 0.05) is 6.54 Å². The zero-order valence-corrected chi connectivity index (χ0v) is 15.6. The summed E-state index contributed by atoms with van der Waals surface area (Å²) in [6.07, 6.45) is 0. The van der Waals surface area contributed by atoms with E-state index in [2.05, 4.69) is 45.1 Å². The molecule has 0 unspecified atom stereocenters. The third-order valence-corrected chi connectivity index (χ3v) is 5.08.